The highest BCUT2D eigenvalue weighted by Gasteiger charge is 2.15. The number of aryl methyl sites for hydroxylation is 2. The number of fused-ring (bicyclic) bond motifs is 1. The number of halogens is 1. The fourth-order valence-electron chi connectivity index (χ4n) is 2.36. The van der Waals surface area contributed by atoms with Gasteiger partial charge in [-0.15, -0.1) is 16.4 Å². The number of nitrogens with one attached hydrogen (secondary N) is 1. The maximum atomic E-state index is 12.7. The standard InChI is InChI=1S/C16H16FN3OS/c1-10-3-5-12(6-4-10)20-16(21)14-11(2)22-9-13(14)15(19-20)18-8-7-17/h3-6,9H,7-8H2,1-2H3,(H,18,19). The predicted molar refractivity (Wildman–Crippen MR) is 89.2 cm³/mol. The Labute approximate surface area is 131 Å². The highest BCUT2D eigenvalue weighted by molar-refractivity contribution is 7.11. The first-order chi connectivity index (χ1) is 10.6. The minimum absolute atomic E-state index is 0.150. The summed E-state index contributed by atoms with van der Waals surface area (Å²) >= 11 is 1.50. The highest BCUT2D eigenvalue weighted by atomic mass is 32.1. The predicted octanol–water partition coefficient (Wildman–Crippen LogP) is 3.45. The first-order valence-electron chi connectivity index (χ1n) is 7.00. The van der Waals surface area contributed by atoms with E-state index in [0.29, 0.717) is 16.9 Å². The van der Waals surface area contributed by atoms with Gasteiger partial charge in [-0.3, -0.25) is 4.79 Å². The number of hydrogen-bond donors (Lipinski definition) is 1. The number of nitrogens with zero attached hydrogens (tertiary/aromatic N) is 2. The SMILES string of the molecule is Cc1ccc(-n2nc(NCCF)c3csc(C)c3c2=O)cc1. The van der Waals surface area contributed by atoms with Gasteiger partial charge in [0.1, 0.15) is 6.67 Å². The summed E-state index contributed by atoms with van der Waals surface area (Å²) in [5.41, 5.74) is 1.66. The Morgan fingerprint density at radius 3 is 2.68 bits per heavy atom. The van der Waals surface area contributed by atoms with Crippen molar-refractivity contribution < 1.29 is 4.39 Å². The molecule has 22 heavy (non-hydrogen) atoms. The molecule has 6 heteroatoms. The number of anilines is 1. The van der Waals surface area contributed by atoms with Crippen LogP contribution < -0.4 is 10.9 Å². The highest BCUT2D eigenvalue weighted by Crippen LogP contribution is 2.27. The van der Waals surface area contributed by atoms with Crippen LogP contribution in [0.5, 0.6) is 0 Å². The van der Waals surface area contributed by atoms with Crippen molar-refractivity contribution in [2.24, 2.45) is 0 Å². The average molecular weight is 317 g/mol. The third kappa shape index (κ3) is 2.50. The summed E-state index contributed by atoms with van der Waals surface area (Å²) < 4.78 is 13.9. The Morgan fingerprint density at radius 1 is 1.27 bits per heavy atom. The van der Waals surface area contributed by atoms with Gasteiger partial charge in [0.05, 0.1) is 11.1 Å². The fraction of sp³-hybridized carbons (Fsp3) is 0.250. The lowest BCUT2D eigenvalue weighted by atomic mass is 10.2. The summed E-state index contributed by atoms with van der Waals surface area (Å²) in [6.07, 6.45) is 0. The fourth-order valence-corrected chi connectivity index (χ4v) is 3.20. The molecule has 0 aliphatic carbocycles. The van der Waals surface area contributed by atoms with E-state index in [1.165, 1.54) is 16.0 Å². The van der Waals surface area contributed by atoms with Crippen LogP contribution in [0, 0.1) is 13.8 Å². The molecule has 0 spiro atoms. The van der Waals surface area contributed by atoms with Crippen LogP contribution in [0.3, 0.4) is 0 Å². The maximum Gasteiger partial charge on any atom is 0.280 e. The molecule has 0 unspecified atom stereocenters. The van der Waals surface area contributed by atoms with Crippen LogP contribution in [0.4, 0.5) is 10.2 Å². The molecule has 0 aliphatic rings. The second kappa shape index (κ2) is 5.88. The zero-order valence-corrected chi connectivity index (χ0v) is 13.2. The quantitative estimate of drug-likeness (QED) is 0.802. The monoisotopic (exact) mass is 317 g/mol. The van der Waals surface area contributed by atoms with E-state index in [-0.39, 0.29) is 12.1 Å². The molecular formula is C16H16FN3OS. The van der Waals surface area contributed by atoms with Crippen LogP contribution in [0.15, 0.2) is 34.4 Å². The lowest BCUT2D eigenvalue weighted by Gasteiger charge is -2.10. The van der Waals surface area contributed by atoms with E-state index in [9.17, 15) is 9.18 Å². The zero-order chi connectivity index (χ0) is 15.7. The number of aromatic nitrogens is 2. The molecule has 1 aromatic carbocycles. The molecule has 0 amide bonds. The van der Waals surface area contributed by atoms with Gasteiger partial charge in [0.15, 0.2) is 5.82 Å². The smallest absolute Gasteiger partial charge is 0.280 e. The van der Waals surface area contributed by atoms with Crippen molar-refractivity contribution in [3.05, 3.63) is 50.4 Å². The molecule has 0 radical (unpaired) electrons. The summed E-state index contributed by atoms with van der Waals surface area (Å²) in [6, 6.07) is 7.58. The average Bonchev–Trinajstić information content (AvgIpc) is 2.90. The summed E-state index contributed by atoms with van der Waals surface area (Å²) in [4.78, 5) is 13.7. The van der Waals surface area contributed by atoms with Crippen LogP contribution in [0.1, 0.15) is 10.4 Å². The van der Waals surface area contributed by atoms with Crippen LogP contribution in [-0.4, -0.2) is 23.0 Å². The molecule has 0 saturated heterocycles. The molecule has 4 nitrogen and oxygen atoms in total. The van der Waals surface area contributed by atoms with Gasteiger partial charge in [-0.05, 0) is 26.0 Å². The molecule has 3 rings (SSSR count). The Bertz CT molecular complexity index is 867. The molecule has 0 aliphatic heterocycles. The van der Waals surface area contributed by atoms with Crippen LogP contribution in [0.2, 0.25) is 0 Å². The number of benzene rings is 1. The van der Waals surface area contributed by atoms with E-state index >= 15 is 0 Å². The summed E-state index contributed by atoms with van der Waals surface area (Å²) in [7, 11) is 0. The van der Waals surface area contributed by atoms with E-state index in [4.69, 9.17) is 0 Å². The topological polar surface area (TPSA) is 46.9 Å². The van der Waals surface area contributed by atoms with Gasteiger partial charge < -0.3 is 5.32 Å². The zero-order valence-electron chi connectivity index (χ0n) is 12.4. The molecular weight excluding hydrogens is 301 g/mol. The van der Waals surface area contributed by atoms with E-state index in [0.717, 1.165) is 15.8 Å². The molecule has 2 aromatic heterocycles. The van der Waals surface area contributed by atoms with Crippen LogP contribution >= 0.6 is 11.3 Å². The summed E-state index contributed by atoms with van der Waals surface area (Å²) in [6.45, 7) is 3.58. The first-order valence-corrected chi connectivity index (χ1v) is 7.88. The van der Waals surface area contributed by atoms with Crippen molar-refractivity contribution in [1.29, 1.82) is 0 Å². The Morgan fingerprint density at radius 2 is 2.00 bits per heavy atom. The maximum absolute atomic E-state index is 12.7. The number of alkyl halides is 1. The lowest BCUT2D eigenvalue weighted by Crippen LogP contribution is -2.23. The van der Waals surface area contributed by atoms with E-state index < -0.39 is 6.67 Å². The van der Waals surface area contributed by atoms with Gasteiger partial charge in [0.25, 0.3) is 5.56 Å². The van der Waals surface area contributed by atoms with Crippen molar-refractivity contribution in [1.82, 2.24) is 9.78 Å². The molecule has 0 saturated carbocycles. The van der Waals surface area contributed by atoms with E-state index in [2.05, 4.69) is 10.4 Å². The number of hydrogen-bond acceptors (Lipinski definition) is 4. The van der Waals surface area contributed by atoms with Crippen molar-refractivity contribution in [2.75, 3.05) is 18.5 Å². The third-order valence-corrected chi connectivity index (χ3v) is 4.41. The van der Waals surface area contributed by atoms with Crippen molar-refractivity contribution >= 4 is 27.9 Å². The minimum Gasteiger partial charge on any atom is -0.365 e. The van der Waals surface area contributed by atoms with Crippen molar-refractivity contribution in [2.45, 2.75) is 13.8 Å². The Hall–Kier alpha value is -2.21. The molecule has 3 aromatic rings. The van der Waals surface area contributed by atoms with Crippen LogP contribution in [-0.2, 0) is 0 Å². The van der Waals surface area contributed by atoms with Gasteiger partial charge in [0, 0.05) is 22.2 Å². The normalized spacial score (nSPS) is 11.0. The van der Waals surface area contributed by atoms with E-state index in [1.54, 1.807) is 0 Å². The Kier molecular flexibility index (Phi) is 3.94. The second-order valence-corrected chi connectivity index (χ2v) is 6.18. The number of rotatable bonds is 4. The van der Waals surface area contributed by atoms with Crippen molar-refractivity contribution in [3.63, 3.8) is 0 Å². The second-order valence-electron chi connectivity index (χ2n) is 5.10. The largest absolute Gasteiger partial charge is 0.365 e. The summed E-state index contributed by atoms with van der Waals surface area (Å²) in [5, 5.41) is 10.6. The molecule has 1 N–H and O–H groups in total. The molecule has 2 heterocycles. The number of thiophene rings is 1. The molecule has 114 valence electrons. The Balaban J connectivity index is 2.25. The third-order valence-electron chi connectivity index (χ3n) is 3.50. The van der Waals surface area contributed by atoms with E-state index in [1.807, 2.05) is 43.5 Å². The van der Waals surface area contributed by atoms with Gasteiger partial charge in [0.2, 0.25) is 0 Å². The lowest BCUT2D eigenvalue weighted by molar-refractivity contribution is 0.512. The summed E-state index contributed by atoms with van der Waals surface area (Å²) in [5.74, 6) is 0.539. The van der Waals surface area contributed by atoms with Crippen molar-refractivity contribution in [3.8, 4) is 5.69 Å². The minimum atomic E-state index is -0.490. The van der Waals surface area contributed by atoms with Gasteiger partial charge in [-0.25, -0.2) is 4.39 Å². The first kappa shape index (κ1) is 14.7. The molecule has 0 fully saturated rings. The van der Waals surface area contributed by atoms with Gasteiger partial charge in [-0.2, -0.15) is 4.68 Å². The van der Waals surface area contributed by atoms with Gasteiger partial charge >= 0.3 is 0 Å². The van der Waals surface area contributed by atoms with Crippen LogP contribution in [0.25, 0.3) is 16.5 Å². The molecule has 0 bridgehead atoms. The molecule has 0 atom stereocenters. The van der Waals surface area contributed by atoms with Gasteiger partial charge in [-0.1, -0.05) is 17.7 Å².